The molecule has 1 aromatic rings. The standard InChI is InChI=1S/C14H17ClO4/c1-3-7-10(13(16)18-4-2)14(17)19-12-9-6-5-8-11(12)15/h5-6,8-10H,3-4,7H2,1-2H3. The number of hydrogen-bond acceptors (Lipinski definition) is 4. The fourth-order valence-electron chi connectivity index (χ4n) is 1.57. The van der Waals surface area contributed by atoms with Gasteiger partial charge in [0.15, 0.2) is 5.92 Å². The van der Waals surface area contributed by atoms with Crippen LogP contribution in [0.25, 0.3) is 0 Å². The van der Waals surface area contributed by atoms with Crippen molar-refractivity contribution in [2.24, 2.45) is 5.92 Å². The van der Waals surface area contributed by atoms with Crippen LogP contribution in [0, 0.1) is 5.92 Å². The summed E-state index contributed by atoms with van der Waals surface area (Å²) in [4.78, 5) is 23.7. The lowest BCUT2D eigenvalue weighted by atomic mass is 10.0. The molecule has 0 amide bonds. The van der Waals surface area contributed by atoms with E-state index in [1.807, 2.05) is 6.92 Å². The molecule has 0 heterocycles. The predicted octanol–water partition coefficient (Wildman–Crippen LogP) is 3.22. The van der Waals surface area contributed by atoms with E-state index in [1.54, 1.807) is 31.2 Å². The maximum Gasteiger partial charge on any atom is 0.325 e. The van der Waals surface area contributed by atoms with Crippen LogP contribution in [0.5, 0.6) is 5.75 Å². The Kier molecular flexibility index (Phi) is 6.36. The maximum absolute atomic E-state index is 12.0. The zero-order chi connectivity index (χ0) is 14.3. The van der Waals surface area contributed by atoms with Gasteiger partial charge in [0.1, 0.15) is 5.75 Å². The number of para-hydroxylation sites is 1. The fourth-order valence-corrected chi connectivity index (χ4v) is 1.74. The normalized spacial score (nSPS) is 11.7. The third-order valence-electron chi connectivity index (χ3n) is 2.48. The number of halogens is 1. The zero-order valence-electron chi connectivity index (χ0n) is 11.0. The molecule has 4 nitrogen and oxygen atoms in total. The Morgan fingerprint density at radius 1 is 1.21 bits per heavy atom. The Hall–Kier alpha value is -1.55. The average molecular weight is 285 g/mol. The second-order valence-electron chi connectivity index (χ2n) is 3.94. The van der Waals surface area contributed by atoms with Crippen molar-refractivity contribution in [3.8, 4) is 5.75 Å². The van der Waals surface area contributed by atoms with Crippen LogP contribution >= 0.6 is 11.6 Å². The first-order chi connectivity index (χ1) is 9.10. The van der Waals surface area contributed by atoms with Gasteiger partial charge in [-0.3, -0.25) is 9.59 Å². The topological polar surface area (TPSA) is 52.6 Å². The Bertz CT molecular complexity index is 445. The van der Waals surface area contributed by atoms with Crippen LogP contribution in [-0.4, -0.2) is 18.5 Å². The van der Waals surface area contributed by atoms with Crippen molar-refractivity contribution in [2.75, 3.05) is 6.61 Å². The van der Waals surface area contributed by atoms with Gasteiger partial charge in [0.2, 0.25) is 0 Å². The van der Waals surface area contributed by atoms with E-state index in [2.05, 4.69) is 0 Å². The van der Waals surface area contributed by atoms with Gasteiger partial charge in [0, 0.05) is 0 Å². The number of carbonyl (C=O) groups is 2. The van der Waals surface area contributed by atoms with E-state index >= 15 is 0 Å². The highest BCUT2D eigenvalue weighted by atomic mass is 35.5. The van der Waals surface area contributed by atoms with Gasteiger partial charge in [-0.1, -0.05) is 37.1 Å². The second kappa shape index (κ2) is 7.79. The third kappa shape index (κ3) is 4.56. The van der Waals surface area contributed by atoms with Crippen LogP contribution in [0.4, 0.5) is 0 Å². The Balaban J connectivity index is 2.77. The number of rotatable bonds is 6. The zero-order valence-corrected chi connectivity index (χ0v) is 11.8. The number of ether oxygens (including phenoxy) is 2. The molecule has 1 atom stereocenters. The van der Waals surface area contributed by atoms with Crippen LogP contribution in [0.3, 0.4) is 0 Å². The first-order valence-corrected chi connectivity index (χ1v) is 6.60. The van der Waals surface area contributed by atoms with E-state index in [4.69, 9.17) is 21.1 Å². The predicted molar refractivity (Wildman–Crippen MR) is 72.1 cm³/mol. The molecule has 0 N–H and O–H groups in total. The van der Waals surface area contributed by atoms with E-state index in [-0.39, 0.29) is 12.4 Å². The Morgan fingerprint density at radius 3 is 2.47 bits per heavy atom. The molecule has 0 spiro atoms. The molecule has 0 aromatic heterocycles. The van der Waals surface area contributed by atoms with Crippen molar-refractivity contribution in [1.82, 2.24) is 0 Å². The molecule has 104 valence electrons. The van der Waals surface area contributed by atoms with Crippen LogP contribution in [0.1, 0.15) is 26.7 Å². The van der Waals surface area contributed by atoms with Crippen molar-refractivity contribution in [1.29, 1.82) is 0 Å². The van der Waals surface area contributed by atoms with Crippen molar-refractivity contribution in [3.63, 3.8) is 0 Å². The molecule has 0 aliphatic heterocycles. The van der Waals surface area contributed by atoms with Crippen LogP contribution in [0.2, 0.25) is 5.02 Å². The molecule has 0 aliphatic carbocycles. The molecular weight excluding hydrogens is 268 g/mol. The minimum Gasteiger partial charge on any atom is -0.465 e. The molecule has 19 heavy (non-hydrogen) atoms. The minimum atomic E-state index is -0.902. The van der Waals surface area contributed by atoms with Crippen molar-refractivity contribution >= 4 is 23.5 Å². The summed E-state index contributed by atoms with van der Waals surface area (Å²) in [6.07, 6.45) is 1.07. The second-order valence-corrected chi connectivity index (χ2v) is 4.35. The highest BCUT2D eigenvalue weighted by molar-refractivity contribution is 6.32. The lowest BCUT2D eigenvalue weighted by Gasteiger charge is -2.14. The molecule has 5 heteroatoms. The highest BCUT2D eigenvalue weighted by Gasteiger charge is 2.29. The Morgan fingerprint density at radius 2 is 1.89 bits per heavy atom. The van der Waals surface area contributed by atoms with Crippen molar-refractivity contribution in [3.05, 3.63) is 29.3 Å². The number of esters is 2. The first kappa shape index (κ1) is 15.5. The monoisotopic (exact) mass is 284 g/mol. The first-order valence-electron chi connectivity index (χ1n) is 6.23. The van der Waals surface area contributed by atoms with Gasteiger partial charge < -0.3 is 9.47 Å². The number of benzene rings is 1. The summed E-state index contributed by atoms with van der Waals surface area (Å²) in [6, 6.07) is 6.62. The number of hydrogen-bond donors (Lipinski definition) is 0. The number of carbonyl (C=O) groups excluding carboxylic acids is 2. The van der Waals surface area contributed by atoms with Crippen LogP contribution < -0.4 is 4.74 Å². The van der Waals surface area contributed by atoms with Crippen molar-refractivity contribution < 1.29 is 19.1 Å². The molecule has 1 unspecified atom stereocenters. The fraction of sp³-hybridized carbons (Fsp3) is 0.429. The van der Waals surface area contributed by atoms with Gasteiger partial charge >= 0.3 is 11.9 Å². The molecule has 0 saturated heterocycles. The molecule has 1 aromatic carbocycles. The van der Waals surface area contributed by atoms with E-state index in [9.17, 15) is 9.59 Å². The quantitative estimate of drug-likeness (QED) is 0.457. The third-order valence-corrected chi connectivity index (χ3v) is 2.79. The highest BCUT2D eigenvalue weighted by Crippen LogP contribution is 2.24. The van der Waals surface area contributed by atoms with Gasteiger partial charge in [0.05, 0.1) is 11.6 Å². The van der Waals surface area contributed by atoms with Gasteiger partial charge in [-0.2, -0.15) is 0 Å². The lowest BCUT2D eigenvalue weighted by Crippen LogP contribution is -2.29. The molecule has 0 radical (unpaired) electrons. The summed E-state index contributed by atoms with van der Waals surface area (Å²) in [5.41, 5.74) is 0. The van der Waals surface area contributed by atoms with Crippen molar-refractivity contribution in [2.45, 2.75) is 26.7 Å². The molecule has 1 rings (SSSR count). The summed E-state index contributed by atoms with van der Waals surface area (Å²) in [5, 5.41) is 0.329. The van der Waals surface area contributed by atoms with E-state index < -0.39 is 17.9 Å². The van der Waals surface area contributed by atoms with Crippen LogP contribution in [0.15, 0.2) is 24.3 Å². The summed E-state index contributed by atoms with van der Waals surface area (Å²) < 4.78 is 10.0. The lowest BCUT2D eigenvalue weighted by molar-refractivity contribution is -0.157. The van der Waals surface area contributed by atoms with E-state index in [0.29, 0.717) is 17.9 Å². The summed E-state index contributed by atoms with van der Waals surface area (Å²) in [5.74, 6) is -1.84. The Labute approximate surface area is 117 Å². The smallest absolute Gasteiger partial charge is 0.325 e. The van der Waals surface area contributed by atoms with Gasteiger partial charge in [-0.05, 0) is 25.5 Å². The minimum absolute atomic E-state index is 0.235. The summed E-state index contributed by atoms with van der Waals surface area (Å²) in [6.45, 7) is 3.81. The summed E-state index contributed by atoms with van der Waals surface area (Å²) >= 11 is 5.90. The SMILES string of the molecule is CCCC(C(=O)OCC)C(=O)Oc1ccccc1Cl. The molecule has 0 fully saturated rings. The van der Waals surface area contributed by atoms with Gasteiger partial charge in [-0.25, -0.2) is 0 Å². The van der Waals surface area contributed by atoms with E-state index in [1.165, 1.54) is 0 Å². The average Bonchev–Trinajstić information content (AvgIpc) is 2.38. The largest absolute Gasteiger partial charge is 0.465 e. The molecule has 0 aliphatic rings. The maximum atomic E-state index is 12.0. The van der Waals surface area contributed by atoms with E-state index in [0.717, 1.165) is 0 Å². The van der Waals surface area contributed by atoms with Gasteiger partial charge in [0.25, 0.3) is 0 Å². The van der Waals surface area contributed by atoms with Crippen LogP contribution in [-0.2, 0) is 14.3 Å². The molecule has 0 bridgehead atoms. The molecular formula is C14H17ClO4. The summed E-state index contributed by atoms with van der Waals surface area (Å²) in [7, 11) is 0. The van der Waals surface area contributed by atoms with Gasteiger partial charge in [-0.15, -0.1) is 0 Å². The molecule has 0 saturated carbocycles.